The second-order valence-corrected chi connectivity index (χ2v) is 6.13. The lowest BCUT2D eigenvalue weighted by molar-refractivity contribution is 0.188. The van der Waals surface area contributed by atoms with Crippen LogP contribution < -0.4 is 5.73 Å². The summed E-state index contributed by atoms with van der Waals surface area (Å²) in [6, 6.07) is 6.86. The van der Waals surface area contributed by atoms with Crippen molar-refractivity contribution in [3.05, 3.63) is 45.5 Å². The zero-order valence-corrected chi connectivity index (χ0v) is 12.7. The summed E-state index contributed by atoms with van der Waals surface area (Å²) in [5.41, 5.74) is 6.81. The standard InChI is InChI=1S/C15H22N2OS/c1-11(2)17(10-14-5-4-6-19-14)9-13-7-12(3)15(8-16)18-13/h4-7,11H,8-10,16H2,1-3H3. The molecule has 2 heterocycles. The Morgan fingerprint density at radius 1 is 1.37 bits per heavy atom. The zero-order valence-electron chi connectivity index (χ0n) is 11.8. The van der Waals surface area contributed by atoms with Crippen LogP contribution in [-0.2, 0) is 19.6 Å². The van der Waals surface area contributed by atoms with E-state index >= 15 is 0 Å². The first kappa shape index (κ1) is 14.3. The number of rotatable bonds is 6. The van der Waals surface area contributed by atoms with Crippen LogP contribution in [0.4, 0.5) is 0 Å². The summed E-state index contributed by atoms with van der Waals surface area (Å²) in [6.07, 6.45) is 0. The average Bonchev–Trinajstić information content (AvgIpc) is 2.98. The fourth-order valence-electron chi connectivity index (χ4n) is 2.09. The predicted octanol–water partition coefficient (Wildman–Crippen LogP) is 3.52. The molecular formula is C15H22N2OS. The average molecular weight is 278 g/mol. The van der Waals surface area contributed by atoms with Crippen LogP contribution in [0.3, 0.4) is 0 Å². The predicted molar refractivity (Wildman–Crippen MR) is 80.0 cm³/mol. The van der Waals surface area contributed by atoms with E-state index in [-0.39, 0.29) is 0 Å². The minimum atomic E-state index is 0.471. The van der Waals surface area contributed by atoms with Crippen LogP contribution in [0.15, 0.2) is 28.0 Å². The zero-order chi connectivity index (χ0) is 13.8. The summed E-state index contributed by atoms with van der Waals surface area (Å²) in [4.78, 5) is 3.79. The molecule has 2 N–H and O–H groups in total. The van der Waals surface area contributed by atoms with Crippen LogP contribution >= 0.6 is 11.3 Å². The number of hydrogen-bond donors (Lipinski definition) is 1. The van der Waals surface area contributed by atoms with Gasteiger partial charge in [-0.2, -0.15) is 0 Å². The summed E-state index contributed by atoms with van der Waals surface area (Å²) in [5, 5.41) is 2.12. The quantitative estimate of drug-likeness (QED) is 0.879. The van der Waals surface area contributed by atoms with Crippen molar-refractivity contribution < 1.29 is 4.42 Å². The minimum absolute atomic E-state index is 0.471. The lowest BCUT2D eigenvalue weighted by Crippen LogP contribution is -2.29. The second kappa shape index (κ2) is 6.37. The Balaban J connectivity index is 2.07. The number of furan rings is 1. The molecule has 0 aliphatic rings. The maximum atomic E-state index is 5.80. The number of hydrogen-bond acceptors (Lipinski definition) is 4. The van der Waals surface area contributed by atoms with Crippen molar-refractivity contribution in [2.24, 2.45) is 5.73 Å². The van der Waals surface area contributed by atoms with E-state index in [1.807, 2.05) is 6.92 Å². The molecule has 4 heteroatoms. The molecule has 0 atom stereocenters. The van der Waals surface area contributed by atoms with E-state index in [9.17, 15) is 0 Å². The molecule has 0 aliphatic carbocycles. The largest absolute Gasteiger partial charge is 0.463 e. The molecule has 0 saturated heterocycles. The molecular weight excluding hydrogens is 256 g/mol. The van der Waals surface area contributed by atoms with E-state index in [1.54, 1.807) is 11.3 Å². The molecule has 0 aliphatic heterocycles. The van der Waals surface area contributed by atoms with Crippen molar-refractivity contribution in [3.8, 4) is 0 Å². The van der Waals surface area contributed by atoms with Gasteiger partial charge in [0.25, 0.3) is 0 Å². The summed E-state index contributed by atoms with van der Waals surface area (Å²) in [6.45, 7) is 8.75. The number of nitrogens with two attached hydrogens (primary N) is 1. The summed E-state index contributed by atoms with van der Waals surface area (Å²) >= 11 is 1.80. The number of nitrogens with zero attached hydrogens (tertiary/aromatic N) is 1. The third-order valence-electron chi connectivity index (χ3n) is 3.29. The molecule has 0 spiro atoms. The number of aryl methyl sites for hydroxylation is 1. The molecule has 19 heavy (non-hydrogen) atoms. The molecule has 2 rings (SSSR count). The van der Waals surface area contributed by atoms with Gasteiger partial charge in [0.2, 0.25) is 0 Å². The molecule has 3 nitrogen and oxygen atoms in total. The van der Waals surface area contributed by atoms with Gasteiger partial charge in [-0.05, 0) is 43.8 Å². The monoisotopic (exact) mass is 278 g/mol. The number of thiophene rings is 1. The third-order valence-corrected chi connectivity index (χ3v) is 4.15. The van der Waals surface area contributed by atoms with Crippen LogP contribution in [-0.4, -0.2) is 10.9 Å². The first-order chi connectivity index (χ1) is 9.10. The molecule has 0 fully saturated rings. The third kappa shape index (κ3) is 3.69. The van der Waals surface area contributed by atoms with Gasteiger partial charge in [0.15, 0.2) is 0 Å². The van der Waals surface area contributed by atoms with E-state index in [0.717, 1.165) is 30.2 Å². The SMILES string of the molecule is Cc1cc(CN(Cc2cccs2)C(C)C)oc1CN. The van der Waals surface area contributed by atoms with Gasteiger partial charge in [-0.1, -0.05) is 6.07 Å². The van der Waals surface area contributed by atoms with Crippen molar-refractivity contribution >= 4 is 11.3 Å². The van der Waals surface area contributed by atoms with Crippen LogP contribution in [0.5, 0.6) is 0 Å². The fourth-order valence-corrected chi connectivity index (χ4v) is 2.82. The van der Waals surface area contributed by atoms with E-state index in [4.69, 9.17) is 10.2 Å². The maximum Gasteiger partial charge on any atom is 0.120 e. The molecule has 0 unspecified atom stereocenters. The normalized spacial score (nSPS) is 11.7. The Labute approximate surface area is 119 Å². The molecule has 0 radical (unpaired) electrons. The van der Waals surface area contributed by atoms with Crippen molar-refractivity contribution in [2.45, 2.75) is 46.4 Å². The lowest BCUT2D eigenvalue weighted by atomic mass is 10.2. The first-order valence-corrected chi connectivity index (χ1v) is 7.52. The Morgan fingerprint density at radius 3 is 2.68 bits per heavy atom. The minimum Gasteiger partial charge on any atom is -0.463 e. The van der Waals surface area contributed by atoms with Crippen molar-refractivity contribution in [1.82, 2.24) is 4.90 Å². The van der Waals surface area contributed by atoms with Gasteiger partial charge in [-0.3, -0.25) is 4.90 Å². The van der Waals surface area contributed by atoms with Gasteiger partial charge in [0, 0.05) is 17.5 Å². The molecule has 2 aromatic rings. The highest BCUT2D eigenvalue weighted by Crippen LogP contribution is 2.20. The molecule has 0 bridgehead atoms. The Bertz CT molecular complexity index is 502. The van der Waals surface area contributed by atoms with E-state index in [0.29, 0.717) is 12.6 Å². The maximum absolute atomic E-state index is 5.80. The Kier molecular flexibility index (Phi) is 4.80. The lowest BCUT2D eigenvalue weighted by Gasteiger charge is -2.24. The Hall–Kier alpha value is -1.10. The fraction of sp³-hybridized carbons (Fsp3) is 0.467. The van der Waals surface area contributed by atoms with Gasteiger partial charge in [0.1, 0.15) is 11.5 Å². The Morgan fingerprint density at radius 2 is 2.16 bits per heavy atom. The van der Waals surface area contributed by atoms with E-state index in [1.165, 1.54) is 4.88 Å². The van der Waals surface area contributed by atoms with Gasteiger partial charge in [-0.15, -0.1) is 11.3 Å². The van der Waals surface area contributed by atoms with Gasteiger partial charge >= 0.3 is 0 Å². The molecule has 0 amide bonds. The van der Waals surface area contributed by atoms with Crippen LogP contribution in [0.25, 0.3) is 0 Å². The topological polar surface area (TPSA) is 42.4 Å². The smallest absolute Gasteiger partial charge is 0.120 e. The highest BCUT2D eigenvalue weighted by Gasteiger charge is 2.15. The highest BCUT2D eigenvalue weighted by molar-refractivity contribution is 7.09. The van der Waals surface area contributed by atoms with E-state index in [2.05, 4.69) is 42.3 Å². The summed E-state index contributed by atoms with van der Waals surface area (Å²) in [7, 11) is 0. The summed E-state index contributed by atoms with van der Waals surface area (Å²) < 4.78 is 5.80. The van der Waals surface area contributed by atoms with Crippen molar-refractivity contribution in [3.63, 3.8) is 0 Å². The van der Waals surface area contributed by atoms with Crippen LogP contribution in [0.2, 0.25) is 0 Å². The van der Waals surface area contributed by atoms with Crippen molar-refractivity contribution in [2.75, 3.05) is 0 Å². The van der Waals surface area contributed by atoms with E-state index < -0.39 is 0 Å². The highest BCUT2D eigenvalue weighted by atomic mass is 32.1. The molecule has 2 aromatic heterocycles. The molecule has 104 valence electrons. The van der Waals surface area contributed by atoms with Gasteiger partial charge < -0.3 is 10.2 Å². The van der Waals surface area contributed by atoms with Crippen LogP contribution in [0.1, 0.15) is 35.8 Å². The molecule has 0 saturated carbocycles. The summed E-state index contributed by atoms with van der Waals surface area (Å²) in [5.74, 6) is 1.90. The van der Waals surface area contributed by atoms with Crippen LogP contribution in [0, 0.1) is 6.92 Å². The second-order valence-electron chi connectivity index (χ2n) is 5.10. The van der Waals surface area contributed by atoms with Gasteiger partial charge in [0.05, 0.1) is 13.1 Å². The van der Waals surface area contributed by atoms with Crippen molar-refractivity contribution in [1.29, 1.82) is 0 Å². The molecule has 0 aromatic carbocycles. The first-order valence-electron chi connectivity index (χ1n) is 6.65. The van der Waals surface area contributed by atoms with Gasteiger partial charge in [-0.25, -0.2) is 0 Å².